The minimum atomic E-state index is -0.190. The predicted octanol–water partition coefficient (Wildman–Crippen LogP) is 3.02. The van der Waals surface area contributed by atoms with E-state index in [2.05, 4.69) is 23.4 Å². The number of anilines is 1. The first-order valence-corrected chi connectivity index (χ1v) is 9.93. The Morgan fingerprint density at radius 1 is 1.20 bits per heavy atom. The van der Waals surface area contributed by atoms with Gasteiger partial charge in [-0.15, -0.1) is 0 Å². The Labute approximate surface area is 176 Å². The molecule has 154 valence electrons. The lowest BCUT2D eigenvalue weighted by atomic mass is 10.1. The maximum atomic E-state index is 12.0. The number of rotatable bonds is 9. The van der Waals surface area contributed by atoms with Gasteiger partial charge in [0, 0.05) is 6.54 Å². The van der Waals surface area contributed by atoms with E-state index in [1.807, 2.05) is 54.6 Å². The van der Waals surface area contributed by atoms with Gasteiger partial charge in [-0.25, -0.2) is 4.68 Å². The van der Waals surface area contributed by atoms with Gasteiger partial charge in [-0.1, -0.05) is 37.3 Å². The zero-order valence-electron chi connectivity index (χ0n) is 17.0. The van der Waals surface area contributed by atoms with Crippen molar-refractivity contribution in [2.45, 2.75) is 26.2 Å². The number of nitriles is 1. The molecule has 1 heterocycles. The van der Waals surface area contributed by atoms with E-state index in [0.29, 0.717) is 42.2 Å². The maximum absolute atomic E-state index is 12.0. The summed E-state index contributed by atoms with van der Waals surface area (Å²) in [5.74, 6) is 0.803. The Bertz CT molecular complexity index is 1020. The minimum absolute atomic E-state index is 0.0372. The van der Waals surface area contributed by atoms with Gasteiger partial charge >= 0.3 is 0 Å². The number of carbonyl (C=O) groups is 1. The van der Waals surface area contributed by atoms with Crippen LogP contribution in [0.2, 0.25) is 0 Å². The number of ether oxygens (including phenoxy) is 1. The second-order valence-electron chi connectivity index (χ2n) is 6.81. The molecule has 30 heavy (non-hydrogen) atoms. The molecule has 0 aliphatic rings. The Morgan fingerprint density at radius 2 is 1.93 bits per heavy atom. The molecule has 0 spiro atoms. The van der Waals surface area contributed by atoms with Crippen molar-refractivity contribution in [2.75, 3.05) is 18.9 Å². The molecule has 0 saturated carbocycles. The lowest BCUT2D eigenvalue weighted by Crippen LogP contribution is -2.29. The van der Waals surface area contributed by atoms with Crippen molar-refractivity contribution in [3.05, 3.63) is 71.4 Å². The highest BCUT2D eigenvalue weighted by Crippen LogP contribution is 2.21. The van der Waals surface area contributed by atoms with Gasteiger partial charge in [0.05, 0.1) is 11.4 Å². The fourth-order valence-electron chi connectivity index (χ4n) is 3.05. The molecular weight excluding hydrogens is 378 g/mol. The zero-order valence-corrected chi connectivity index (χ0v) is 17.0. The topological polar surface area (TPSA) is 106 Å². The normalized spacial score (nSPS) is 10.4. The SMILES string of the molecule is CCc1ccc(OCC(=O)NCCCc2nn(-c3ccccc3)c(N)c2C#N)cc1. The summed E-state index contributed by atoms with van der Waals surface area (Å²) in [6.45, 7) is 2.51. The number of aromatic nitrogens is 2. The fraction of sp³-hybridized carbons (Fsp3) is 0.261. The summed E-state index contributed by atoms with van der Waals surface area (Å²) < 4.78 is 7.07. The van der Waals surface area contributed by atoms with Crippen molar-refractivity contribution in [1.29, 1.82) is 5.26 Å². The summed E-state index contributed by atoms with van der Waals surface area (Å²) in [5.41, 5.74) is 9.13. The van der Waals surface area contributed by atoms with Gasteiger partial charge in [-0.3, -0.25) is 4.79 Å². The molecule has 0 aliphatic carbocycles. The molecule has 0 unspecified atom stereocenters. The smallest absolute Gasteiger partial charge is 0.257 e. The summed E-state index contributed by atoms with van der Waals surface area (Å²) in [6.07, 6.45) is 2.13. The van der Waals surface area contributed by atoms with Crippen molar-refractivity contribution in [2.24, 2.45) is 0 Å². The van der Waals surface area contributed by atoms with E-state index in [4.69, 9.17) is 10.5 Å². The number of para-hydroxylation sites is 1. The largest absolute Gasteiger partial charge is 0.484 e. The van der Waals surface area contributed by atoms with Crippen molar-refractivity contribution in [3.63, 3.8) is 0 Å². The highest BCUT2D eigenvalue weighted by molar-refractivity contribution is 5.77. The first-order chi connectivity index (χ1) is 14.6. The van der Waals surface area contributed by atoms with E-state index < -0.39 is 0 Å². The Morgan fingerprint density at radius 3 is 2.60 bits per heavy atom. The zero-order chi connectivity index (χ0) is 21.3. The van der Waals surface area contributed by atoms with E-state index in [9.17, 15) is 10.1 Å². The average Bonchev–Trinajstić information content (AvgIpc) is 3.11. The van der Waals surface area contributed by atoms with Gasteiger partial charge in [0.2, 0.25) is 0 Å². The molecular formula is C23H25N5O2. The third-order valence-electron chi connectivity index (χ3n) is 4.72. The third-order valence-corrected chi connectivity index (χ3v) is 4.72. The molecule has 7 heteroatoms. The number of nitrogens with one attached hydrogen (secondary N) is 1. The number of aryl methyl sites for hydroxylation is 2. The van der Waals surface area contributed by atoms with Crippen LogP contribution in [0.5, 0.6) is 5.75 Å². The van der Waals surface area contributed by atoms with Gasteiger partial charge in [0.15, 0.2) is 6.61 Å². The molecule has 0 saturated heterocycles. The standard InChI is InChI=1S/C23H25N5O2/c1-2-17-10-12-19(13-11-17)30-16-22(29)26-14-6-9-21-20(15-24)23(25)28(27-21)18-7-4-3-5-8-18/h3-5,7-8,10-13H,2,6,9,14,16,25H2,1H3,(H,26,29). The van der Waals surface area contributed by atoms with Crippen molar-refractivity contribution >= 4 is 11.7 Å². The average molecular weight is 403 g/mol. The third kappa shape index (κ3) is 5.17. The molecule has 3 N–H and O–H groups in total. The monoisotopic (exact) mass is 403 g/mol. The van der Waals surface area contributed by atoms with E-state index in [1.165, 1.54) is 5.56 Å². The second-order valence-corrected chi connectivity index (χ2v) is 6.81. The number of nitrogens with zero attached hydrogens (tertiary/aromatic N) is 3. The van der Waals surface area contributed by atoms with Crippen LogP contribution in [0.25, 0.3) is 5.69 Å². The van der Waals surface area contributed by atoms with Gasteiger partial charge in [-0.05, 0) is 49.1 Å². The summed E-state index contributed by atoms with van der Waals surface area (Å²) in [4.78, 5) is 12.0. The van der Waals surface area contributed by atoms with E-state index >= 15 is 0 Å². The Kier molecular flexibility index (Phi) is 7.06. The molecule has 1 aromatic heterocycles. The summed E-state index contributed by atoms with van der Waals surface area (Å²) in [5, 5.41) is 16.8. The summed E-state index contributed by atoms with van der Waals surface area (Å²) >= 11 is 0. The van der Waals surface area contributed by atoms with E-state index in [-0.39, 0.29) is 12.5 Å². The van der Waals surface area contributed by atoms with Crippen LogP contribution < -0.4 is 15.8 Å². The number of hydrogen-bond acceptors (Lipinski definition) is 5. The minimum Gasteiger partial charge on any atom is -0.484 e. The highest BCUT2D eigenvalue weighted by Gasteiger charge is 2.16. The van der Waals surface area contributed by atoms with E-state index in [0.717, 1.165) is 12.1 Å². The molecule has 3 aromatic rings. The number of hydrogen-bond donors (Lipinski definition) is 2. The van der Waals surface area contributed by atoms with Gasteiger partial charge in [0.25, 0.3) is 5.91 Å². The molecule has 7 nitrogen and oxygen atoms in total. The van der Waals surface area contributed by atoms with Gasteiger partial charge in [-0.2, -0.15) is 10.4 Å². The molecule has 0 fully saturated rings. The van der Waals surface area contributed by atoms with Crippen LogP contribution >= 0.6 is 0 Å². The van der Waals surface area contributed by atoms with Gasteiger partial charge in [0.1, 0.15) is 23.2 Å². The lowest BCUT2D eigenvalue weighted by molar-refractivity contribution is -0.123. The molecule has 2 aromatic carbocycles. The summed E-state index contributed by atoms with van der Waals surface area (Å²) in [7, 11) is 0. The molecule has 0 radical (unpaired) electrons. The van der Waals surface area contributed by atoms with Crippen LogP contribution in [0.15, 0.2) is 54.6 Å². The maximum Gasteiger partial charge on any atom is 0.257 e. The van der Waals surface area contributed by atoms with Crippen molar-refractivity contribution in [3.8, 4) is 17.5 Å². The van der Waals surface area contributed by atoms with Crippen LogP contribution in [0, 0.1) is 11.3 Å². The summed E-state index contributed by atoms with van der Waals surface area (Å²) in [6, 6.07) is 19.3. The van der Waals surface area contributed by atoms with Crippen LogP contribution in [0.1, 0.15) is 30.2 Å². The Hall–Kier alpha value is -3.79. The number of carbonyl (C=O) groups excluding carboxylic acids is 1. The molecule has 0 atom stereocenters. The second kappa shape index (κ2) is 10.1. The number of amides is 1. The number of nitrogens with two attached hydrogens (primary N) is 1. The van der Waals surface area contributed by atoms with Crippen LogP contribution in [0.4, 0.5) is 5.82 Å². The molecule has 3 rings (SSSR count). The molecule has 0 aliphatic heterocycles. The van der Waals surface area contributed by atoms with Crippen LogP contribution in [0.3, 0.4) is 0 Å². The van der Waals surface area contributed by atoms with Gasteiger partial charge < -0.3 is 15.8 Å². The van der Waals surface area contributed by atoms with Crippen LogP contribution in [-0.2, 0) is 17.6 Å². The number of benzene rings is 2. The number of nitrogen functional groups attached to an aromatic ring is 1. The fourth-order valence-corrected chi connectivity index (χ4v) is 3.05. The molecule has 0 bridgehead atoms. The van der Waals surface area contributed by atoms with Crippen LogP contribution in [-0.4, -0.2) is 28.8 Å². The first kappa shape index (κ1) is 20.9. The van der Waals surface area contributed by atoms with Crippen molar-refractivity contribution < 1.29 is 9.53 Å². The first-order valence-electron chi connectivity index (χ1n) is 9.93. The quantitative estimate of drug-likeness (QED) is 0.534. The highest BCUT2D eigenvalue weighted by atomic mass is 16.5. The van der Waals surface area contributed by atoms with E-state index in [1.54, 1.807) is 4.68 Å². The lowest BCUT2D eigenvalue weighted by Gasteiger charge is -2.08. The van der Waals surface area contributed by atoms with Crippen molar-refractivity contribution in [1.82, 2.24) is 15.1 Å². The molecule has 1 amide bonds. The predicted molar refractivity (Wildman–Crippen MR) is 115 cm³/mol. The Balaban J connectivity index is 1.48.